The zero-order chi connectivity index (χ0) is 10.7. The number of hydrogen-bond acceptors (Lipinski definition) is 2. The van der Waals surface area contributed by atoms with E-state index < -0.39 is 0 Å². The Labute approximate surface area is 92.1 Å². The quantitative estimate of drug-likeness (QED) is 0.818. The van der Waals surface area contributed by atoms with Crippen LogP contribution in [0.5, 0.6) is 0 Å². The Morgan fingerprint density at radius 2 is 2.27 bits per heavy atom. The number of aryl methyl sites for hydroxylation is 1. The highest BCUT2D eigenvalue weighted by Crippen LogP contribution is 2.24. The zero-order valence-corrected chi connectivity index (χ0v) is 9.66. The summed E-state index contributed by atoms with van der Waals surface area (Å²) in [4.78, 5) is 4.30. The van der Waals surface area contributed by atoms with Crippen molar-refractivity contribution >= 4 is 0 Å². The molecule has 1 aromatic heterocycles. The molecule has 0 aromatic carbocycles. The minimum absolute atomic E-state index is 0.714. The molecule has 2 rings (SSSR count). The Morgan fingerprint density at radius 3 is 2.87 bits per heavy atom. The van der Waals surface area contributed by atoms with Crippen molar-refractivity contribution in [1.82, 2.24) is 10.3 Å². The Kier molecular flexibility index (Phi) is 3.37. The molecule has 1 aliphatic rings. The van der Waals surface area contributed by atoms with Crippen LogP contribution >= 0.6 is 0 Å². The van der Waals surface area contributed by atoms with Crippen LogP contribution in [-0.4, -0.2) is 11.0 Å². The van der Waals surface area contributed by atoms with Crippen molar-refractivity contribution in [2.24, 2.45) is 5.92 Å². The van der Waals surface area contributed by atoms with E-state index in [2.05, 4.69) is 29.4 Å². The number of nitrogens with one attached hydrogen (secondary N) is 1. The fourth-order valence-corrected chi connectivity index (χ4v) is 2.30. The van der Waals surface area contributed by atoms with Crippen molar-refractivity contribution in [2.75, 3.05) is 0 Å². The van der Waals surface area contributed by atoms with Gasteiger partial charge in [0.15, 0.2) is 0 Å². The standard InChI is InChI=1S/C13H20N2/c1-10-4-3-5-13(10)15-9-12-7-6-11(2)14-8-12/h6-8,10,13,15H,3-5,9H2,1-2H3. The van der Waals surface area contributed by atoms with Gasteiger partial charge in [-0.25, -0.2) is 0 Å². The van der Waals surface area contributed by atoms with E-state index in [1.54, 1.807) is 0 Å². The van der Waals surface area contributed by atoms with Gasteiger partial charge >= 0.3 is 0 Å². The van der Waals surface area contributed by atoms with Crippen molar-refractivity contribution in [3.05, 3.63) is 29.6 Å². The van der Waals surface area contributed by atoms with Crippen LogP contribution in [0.15, 0.2) is 18.3 Å². The Hall–Kier alpha value is -0.890. The van der Waals surface area contributed by atoms with Gasteiger partial charge in [-0.3, -0.25) is 4.98 Å². The summed E-state index contributed by atoms with van der Waals surface area (Å²) in [6.45, 7) is 5.33. The van der Waals surface area contributed by atoms with Gasteiger partial charge < -0.3 is 5.32 Å². The van der Waals surface area contributed by atoms with Gasteiger partial charge in [0.25, 0.3) is 0 Å². The van der Waals surface area contributed by atoms with Crippen LogP contribution in [-0.2, 0) is 6.54 Å². The van der Waals surface area contributed by atoms with Crippen LogP contribution in [0.25, 0.3) is 0 Å². The molecule has 0 saturated heterocycles. The largest absolute Gasteiger partial charge is 0.310 e. The highest BCUT2D eigenvalue weighted by molar-refractivity contribution is 5.13. The number of nitrogens with zero attached hydrogens (tertiary/aromatic N) is 1. The lowest BCUT2D eigenvalue weighted by molar-refractivity contribution is 0.426. The third-order valence-electron chi connectivity index (χ3n) is 3.40. The first-order valence-electron chi connectivity index (χ1n) is 5.90. The van der Waals surface area contributed by atoms with E-state index in [1.807, 2.05) is 13.1 Å². The second-order valence-electron chi connectivity index (χ2n) is 4.70. The highest BCUT2D eigenvalue weighted by Gasteiger charge is 2.22. The Morgan fingerprint density at radius 1 is 1.40 bits per heavy atom. The van der Waals surface area contributed by atoms with E-state index in [0.717, 1.165) is 18.2 Å². The molecule has 82 valence electrons. The molecular formula is C13H20N2. The van der Waals surface area contributed by atoms with Gasteiger partial charge in [0, 0.05) is 24.5 Å². The number of aromatic nitrogens is 1. The SMILES string of the molecule is Cc1ccc(CNC2CCCC2C)cn1. The highest BCUT2D eigenvalue weighted by atomic mass is 14.9. The predicted molar refractivity (Wildman–Crippen MR) is 62.6 cm³/mol. The molecule has 2 heteroatoms. The van der Waals surface area contributed by atoms with Crippen LogP contribution in [0.4, 0.5) is 0 Å². The molecular weight excluding hydrogens is 184 g/mol. The molecule has 0 amide bonds. The van der Waals surface area contributed by atoms with Crippen LogP contribution in [0.3, 0.4) is 0 Å². The molecule has 1 fully saturated rings. The topological polar surface area (TPSA) is 24.9 Å². The van der Waals surface area contributed by atoms with Gasteiger partial charge in [0.1, 0.15) is 0 Å². The summed E-state index contributed by atoms with van der Waals surface area (Å²) >= 11 is 0. The van der Waals surface area contributed by atoms with Crippen LogP contribution in [0.2, 0.25) is 0 Å². The Bertz CT molecular complexity index is 305. The summed E-state index contributed by atoms with van der Waals surface area (Å²) in [7, 11) is 0. The molecule has 1 saturated carbocycles. The first-order chi connectivity index (χ1) is 7.25. The van der Waals surface area contributed by atoms with Crippen molar-refractivity contribution in [1.29, 1.82) is 0 Å². The van der Waals surface area contributed by atoms with Gasteiger partial charge in [-0.15, -0.1) is 0 Å². The lowest BCUT2D eigenvalue weighted by Gasteiger charge is -2.17. The van der Waals surface area contributed by atoms with E-state index in [-0.39, 0.29) is 0 Å². The summed E-state index contributed by atoms with van der Waals surface area (Å²) in [5.74, 6) is 0.836. The summed E-state index contributed by atoms with van der Waals surface area (Å²) in [5.41, 5.74) is 2.38. The lowest BCUT2D eigenvalue weighted by Crippen LogP contribution is -2.30. The predicted octanol–water partition coefficient (Wildman–Crippen LogP) is 2.67. The molecule has 1 heterocycles. The lowest BCUT2D eigenvalue weighted by atomic mass is 10.1. The minimum atomic E-state index is 0.714. The molecule has 0 aliphatic heterocycles. The van der Waals surface area contributed by atoms with Gasteiger partial charge in [-0.05, 0) is 37.3 Å². The van der Waals surface area contributed by atoms with E-state index in [9.17, 15) is 0 Å². The second kappa shape index (κ2) is 4.75. The van der Waals surface area contributed by atoms with Crippen LogP contribution < -0.4 is 5.32 Å². The monoisotopic (exact) mass is 204 g/mol. The van der Waals surface area contributed by atoms with Crippen molar-refractivity contribution in [2.45, 2.75) is 45.7 Å². The van der Waals surface area contributed by atoms with Crippen molar-refractivity contribution in [3.63, 3.8) is 0 Å². The van der Waals surface area contributed by atoms with Crippen LogP contribution in [0.1, 0.15) is 37.4 Å². The van der Waals surface area contributed by atoms with Gasteiger partial charge in [0.05, 0.1) is 0 Å². The molecule has 1 aliphatic carbocycles. The maximum atomic E-state index is 4.30. The maximum absolute atomic E-state index is 4.30. The second-order valence-corrected chi connectivity index (χ2v) is 4.70. The molecule has 2 atom stereocenters. The third kappa shape index (κ3) is 2.78. The molecule has 0 bridgehead atoms. The minimum Gasteiger partial charge on any atom is -0.310 e. The summed E-state index contributed by atoms with van der Waals surface area (Å²) in [6.07, 6.45) is 6.07. The molecule has 0 radical (unpaired) electrons. The molecule has 2 nitrogen and oxygen atoms in total. The molecule has 1 N–H and O–H groups in total. The summed E-state index contributed by atoms with van der Waals surface area (Å²) in [5, 5.41) is 3.63. The first-order valence-corrected chi connectivity index (χ1v) is 5.90. The zero-order valence-electron chi connectivity index (χ0n) is 9.66. The fraction of sp³-hybridized carbons (Fsp3) is 0.615. The van der Waals surface area contributed by atoms with E-state index in [1.165, 1.54) is 24.8 Å². The smallest absolute Gasteiger partial charge is 0.0372 e. The fourth-order valence-electron chi connectivity index (χ4n) is 2.30. The molecule has 2 unspecified atom stereocenters. The summed E-state index contributed by atoms with van der Waals surface area (Å²) in [6, 6.07) is 4.95. The average molecular weight is 204 g/mol. The van der Waals surface area contributed by atoms with Crippen molar-refractivity contribution < 1.29 is 0 Å². The maximum Gasteiger partial charge on any atom is 0.0372 e. The van der Waals surface area contributed by atoms with E-state index in [0.29, 0.717) is 6.04 Å². The van der Waals surface area contributed by atoms with Gasteiger partial charge in [-0.2, -0.15) is 0 Å². The molecule has 1 aromatic rings. The van der Waals surface area contributed by atoms with E-state index >= 15 is 0 Å². The number of rotatable bonds is 3. The molecule has 15 heavy (non-hydrogen) atoms. The number of hydrogen-bond donors (Lipinski definition) is 1. The summed E-state index contributed by atoms with van der Waals surface area (Å²) < 4.78 is 0. The normalized spacial score (nSPS) is 25.7. The number of pyridine rings is 1. The third-order valence-corrected chi connectivity index (χ3v) is 3.40. The Balaban J connectivity index is 1.85. The van der Waals surface area contributed by atoms with Crippen molar-refractivity contribution in [3.8, 4) is 0 Å². The van der Waals surface area contributed by atoms with Gasteiger partial charge in [0.2, 0.25) is 0 Å². The first kappa shape index (κ1) is 10.6. The molecule has 0 spiro atoms. The average Bonchev–Trinajstić information content (AvgIpc) is 2.63. The van der Waals surface area contributed by atoms with Gasteiger partial charge in [-0.1, -0.05) is 19.4 Å². The van der Waals surface area contributed by atoms with E-state index in [4.69, 9.17) is 0 Å². The van der Waals surface area contributed by atoms with Crippen LogP contribution in [0, 0.1) is 12.8 Å².